The molecule has 0 amide bonds. The standard InChI is InChI=1S/C14H20N6O5/c15-13-17-10-7(11(24)18-13)16-14(19-3-1-2-4-19)20(10)12-9(23)8(22)6(5-21)25-12/h6,8-9,12,21-23H,1-5H2,(H3,15,17,18,24)/t6-,8+,9-,12-/m1/s1. The highest BCUT2D eigenvalue weighted by Gasteiger charge is 2.45. The molecule has 136 valence electrons. The molecule has 11 nitrogen and oxygen atoms in total. The fraction of sp³-hybridized carbons (Fsp3) is 0.643. The summed E-state index contributed by atoms with van der Waals surface area (Å²) in [6.45, 7) is 1.04. The molecule has 2 aromatic rings. The second kappa shape index (κ2) is 5.95. The van der Waals surface area contributed by atoms with Gasteiger partial charge in [0.2, 0.25) is 11.9 Å². The predicted molar refractivity (Wildman–Crippen MR) is 87.0 cm³/mol. The van der Waals surface area contributed by atoms with Gasteiger partial charge in [0.15, 0.2) is 17.4 Å². The first-order chi connectivity index (χ1) is 12.0. The Labute approximate surface area is 141 Å². The quantitative estimate of drug-likeness (QED) is 0.417. The Balaban J connectivity index is 1.91. The van der Waals surface area contributed by atoms with Gasteiger partial charge < -0.3 is 30.7 Å². The van der Waals surface area contributed by atoms with E-state index in [2.05, 4.69) is 15.0 Å². The molecule has 0 bridgehead atoms. The number of nitrogen functional groups attached to an aromatic ring is 1. The largest absolute Gasteiger partial charge is 0.394 e. The van der Waals surface area contributed by atoms with Gasteiger partial charge >= 0.3 is 0 Å². The maximum atomic E-state index is 12.2. The molecule has 2 aliphatic heterocycles. The van der Waals surface area contributed by atoms with Crippen LogP contribution in [0.1, 0.15) is 19.1 Å². The van der Waals surface area contributed by atoms with Crippen molar-refractivity contribution in [1.29, 1.82) is 0 Å². The number of ether oxygens (including phenoxy) is 1. The minimum Gasteiger partial charge on any atom is -0.394 e. The van der Waals surface area contributed by atoms with Crippen molar-refractivity contribution < 1.29 is 20.1 Å². The molecule has 0 saturated carbocycles. The minimum absolute atomic E-state index is 0.0776. The van der Waals surface area contributed by atoms with Gasteiger partial charge in [0.25, 0.3) is 5.56 Å². The van der Waals surface area contributed by atoms with Crippen molar-refractivity contribution in [2.75, 3.05) is 30.3 Å². The third kappa shape index (κ3) is 2.47. The maximum Gasteiger partial charge on any atom is 0.280 e. The lowest BCUT2D eigenvalue weighted by Gasteiger charge is -2.23. The van der Waals surface area contributed by atoms with E-state index in [1.54, 1.807) is 0 Å². The Bertz CT molecular complexity index is 844. The topological polar surface area (TPSA) is 163 Å². The number of hydrogen-bond acceptors (Lipinski definition) is 9. The zero-order valence-corrected chi connectivity index (χ0v) is 13.4. The van der Waals surface area contributed by atoms with Gasteiger partial charge in [-0.2, -0.15) is 4.98 Å². The van der Waals surface area contributed by atoms with E-state index >= 15 is 0 Å². The molecule has 0 radical (unpaired) electrons. The van der Waals surface area contributed by atoms with Crippen LogP contribution in [0, 0.1) is 0 Å². The molecule has 4 atom stereocenters. The number of aliphatic hydroxyl groups excluding tert-OH is 3. The Morgan fingerprint density at radius 2 is 1.96 bits per heavy atom. The summed E-state index contributed by atoms with van der Waals surface area (Å²) in [7, 11) is 0. The van der Waals surface area contributed by atoms with Crippen molar-refractivity contribution in [3.63, 3.8) is 0 Å². The Hall–Kier alpha value is -2.21. The average molecular weight is 352 g/mol. The highest BCUT2D eigenvalue weighted by atomic mass is 16.6. The molecule has 0 aliphatic carbocycles. The average Bonchev–Trinajstić information content (AvgIpc) is 3.27. The first-order valence-electron chi connectivity index (χ1n) is 8.16. The van der Waals surface area contributed by atoms with E-state index in [1.165, 1.54) is 4.57 Å². The second-order valence-corrected chi connectivity index (χ2v) is 6.33. The lowest BCUT2D eigenvalue weighted by molar-refractivity contribution is -0.0504. The highest BCUT2D eigenvalue weighted by molar-refractivity contribution is 5.75. The fourth-order valence-electron chi connectivity index (χ4n) is 3.46. The number of fused-ring (bicyclic) bond motifs is 1. The molecule has 6 N–H and O–H groups in total. The number of nitrogens with one attached hydrogen (secondary N) is 1. The summed E-state index contributed by atoms with van der Waals surface area (Å²) in [6, 6.07) is 0. The summed E-state index contributed by atoms with van der Waals surface area (Å²) >= 11 is 0. The number of hydrogen-bond donors (Lipinski definition) is 5. The smallest absolute Gasteiger partial charge is 0.280 e. The molecule has 4 heterocycles. The van der Waals surface area contributed by atoms with E-state index in [1.807, 2.05) is 4.90 Å². The number of anilines is 2. The van der Waals surface area contributed by atoms with E-state index in [9.17, 15) is 20.1 Å². The van der Waals surface area contributed by atoms with Crippen LogP contribution < -0.4 is 16.2 Å². The number of rotatable bonds is 3. The Morgan fingerprint density at radius 3 is 2.60 bits per heavy atom. The fourth-order valence-corrected chi connectivity index (χ4v) is 3.46. The number of nitrogens with two attached hydrogens (primary N) is 1. The summed E-state index contributed by atoms with van der Waals surface area (Å²) in [4.78, 5) is 25.1. The van der Waals surface area contributed by atoms with Crippen molar-refractivity contribution >= 4 is 23.1 Å². The summed E-state index contributed by atoms with van der Waals surface area (Å²) in [5, 5.41) is 29.8. The highest BCUT2D eigenvalue weighted by Crippen LogP contribution is 2.35. The molecule has 0 aromatic carbocycles. The molecule has 2 aliphatic rings. The van der Waals surface area contributed by atoms with Crippen molar-refractivity contribution in [1.82, 2.24) is 19.5 Å². The molecular weight excluding hydrogens is 332 g/mol. The lowest BCUT2D eigenvalue weighted by atomic mass is 10.1. The van der Waals surface area contributed by atoms with Crippen LogP contribution in [0.4, 0.5) is 11.9 Å². The number of aromatic nitrogens is 4. The molecule has 25 heavy (non-hydrogen) atoms. The summed E-state index contributed by atoms with van der Waals surface area (Å²) < 4.78 is 7.10. The zero-order chi connectivity index (χ0) is 17.7. The monoisotopic (exact) mass is 352 g/mol. The van der Waals surface area contributed by atoms with Gasteiger partial charge in [-0.3, -0.25) is 14.3 Å². The predicted octanol–water partition coefficient (Wildman–Crippen LogP) is -2.09. The molecule has 2 aromatic heterocycles. The van der Waals surface area contributed by atoms with Gasteiger partial charge in [-0.1, -0.05) is 0 Å². The van der Waals surface area contributed by atoms with Crippen LogP contribution in [0.25, 0.3) is 11.2 Å². The van der Waals surface area contributed by atoms with Crippen LogP contribution in [-0.2, 0) is 4.74 Å². The summed E-state index contributed by atoms with van der Waals surface area (Å²) in [5.74, 6) is 0.337. The number of H-pyrrole nitrogens is 1. The molecule has 0 unspecified atom stereocenters. The van der Waals surface area contributed by atoms with Gasteiger partial charge in [-0.25, -0.2) is 4.98 Å². The second-order valence-electron chi connectivity index (χ2n) is 6.33. The van der Waals surface area contributed by atoms with E-state index in [-0.39, 0.29) is 17.1 Å². The van der Waals surface area contributed by atoms with Crippen LogP contribution in [0.5, 0.6) is 0 Å². The molecular formula is C14H20N6O5. The number of nitrogens with zero attached hydrogens (tertiary/aromatic N) is 4. The van der Waals surface area contributed by atoms with Gasteiger partial charge in [0.1, 0.15) is 18.3 Å². The first kappa shape index (κ1) is 16.3. The number of imidazole rings is 1. The van der Waals surface area contributed by atoms with Gasteiger partial charge in [0, 0.05) is 13.1 Å². The number of aliphatic hydroxyl groups is 3. The van der Waals surface area contributed by atoms with Gasteiger partial charge in [0.05, 0.1) is 6.61 Å². The van der Waals surface area contributed by atoms with E-state index < -0.39 is 36.7 Å². The first-order valence-corrected chi connectivity index (χ1v) is 8.16. The molecule has 11 heteroatoms. The van der Waals surface area contributed by atoms with Crippen molar-refractivity contribution in [3.05, 3.63) is 10.4 Å². The minimum atomic E-state index is -1.31. The van der Waals surface area contributed by atoms with Gasteiger partial charge in [-0.05, 0) is 12.8 Å². The third-order valence-corrected chi connectivity index (χ3v) is 4.71. The molecule has 4 rings (SSSR count). The van der Waals surface area contributed by atoms with Crippen LogP contribution in [0.2, 0.25) is 0 Å². The van der Waals surface area contributed by atoms with E-state index in [4.69, 9.17) is 10.5 Å². The SMILES string of the molecule is Nc1nc2c(nc(N3CCCC3)n2[C@@H]2O[C@H](CO)[C@H](O)[C@H]2O)c(=O)[nH]1. The van der Waals surface area contributed by atoms with Crippen molar-refractivity contribution in [2.45, 2.75) is 37.4 Å². The Kier molecular flexibility index (Phi) is 3.87. The lowest BCUT2D eigenvalue weighted by Crippen LogP contribution is -2.34. The van der Waals surface area contributed by atoms with Gasteiger partial charge in [-0.15, -0.1) is 0 Å². The zero-order valence-electron chi connectivity index (χ0n) is 13.4. The molecule has 2 saturated heterocycles. The van der Waals surface area contributed by atoms with E-state index in [0.717, 1.165) is 25.9 Å². The van der Waals surface area contributed by atoms with Crippen LogP contribution in [-0.4, -0.2) is 72.8 Å². The molecule has 0 spiro atoms. The van der Waals surface area contributed by atoms with Crippen molar-refractivity contribution in [2.24, 2.45) is 0 Å². The molecule has 2 fully saturated rings. The number of aromatic amines is 1. The maximum absolute atomic E-state index is 12.2. The van der Waals surface area contributed by atoms with E-state index in [0.29, 0.717) is 5.95 Å². The normalized spacial score (nSPS) is 29.8. The third-order valence-electron chi connectivity index (χ3n) is 4.71. The van der Waals surface area contributed by atoms with Crippen molar-refractivity contribution in [3.8, 4) is 0 Å². The summed E-state index contributed by atoms with van der Waals surface area (Å²) in [6.07, 6.45) is -2.60. The summed E-state index contributed by atoms with van der Waals surface area (Å²) in [5.41, 5.74) is 5.41. The Morgan fingerprint density at radius 1 is 1.24 bits per heavy atom. The van der Waals surface area contributed by atoms with Crippen LogP contribution in [0.15, 0.2) is 4.79 Å². The van der Waals surface area contributed by atoms with Crippen LogP contribution >= 0.6 is 0 Å². The van der Waals surface area contributed by atoms with Crippen LogP contribution in [0.3, 0.4) is 0 Å².